The molecule has 1 fully saturated rings. The van der Waals surface area contributed by atoms with E-state index in [0.717, 1.165) is 84.4 Å². The Hall–Kier alpha value is -4.29. The second kappa shape index (κ2) is 22.5. The number of hydrogen-bond donors (Lipinski definition) is 2. The normalized spacial score (nSPS) is 16.0. The van der Waals surface area contributed by atoms with Gasteiger partial charge in [-0.2, -0.15) is 0 Å². The Bertz CT molecular complexity index is 1690. The SMILES string of the molecule is CCOC(=O)CCCCCCCCCCC(=O)N[C@H](C(=O)N1C[C@H](OCc2ccc(OC)cc2)C[C@H]1C(=O)NCc1ccc(-c2scnc2C)cc1)C(C)(C)C. The molecular weight excluding hydrogens is 729 g/mol. The van der Waals surface area contributed by atoms with E-state index in [-0.39, 0.29) is 36.3 Å². The van der Waals surface area contributed by atoms with Crippen molar-refractivity contribution in [3.63, 3.8) is 0 Å². The fourth-order valence-electron chi connectivity index (χ4n) is 6.90. The van der Waals surface area contributed by atoms with Gasteiger partial charge in [-0.15, -0.1) is 11.3 Å². The number of hydrogen-bond acceptors (Lipinski definition) is 9. The maximum atomic E-state index is 14.4. The van der Waals surface area contributed by atoms with E-state index in [9.17, 15) is 19.2 Å². The summed E-state index contributed by atoms with van der Waals surface area (Å²) in [5, 5.41) is 6.11. The number of nitrogens with one attached hydrogen (secondary N) is 2. The van der Waals surface area contributed by atoms with Crippen molar-refractivity contribution in [3.8, 4) is 16.2 Å². The minimum absolute atomic E-state index is 0.123. The third-order valence-corrected chi connectivity index (χ3v) is 11.2. The van der Waals surface area contributed by atoms with Crippen molar-refractivity contribution >= 4 is 35.0 Å². The van der Waals surface area contributed by atoms with E-state index in [1.165, 1.54) is 0 Å². The van der Waals surface area contributed by atoms with Crippen molar-refractivity contribution in [1.29, 1.82) is 0 Å². The van der Waals surface area contributed by atoms with Gasteiger partial charge in [0.2, 0.25) is 17.7 Å². The fraction of sp³-hybridized carbons (Fsp3) is 0.568. The van der Waals surface area contributed by atoms with Crippen molar-refractivity contribution in [1.82, 2.24) is 20.5 Å². The van der Waals surface area contributed by atoms with Crippen molar-refractivity contribution in [2.75, 3.05) is 20.3 Å². The first-order chi connectivity index (χ1) is 26.9. The van der Waals surface area contributed by atoms with Crippen LogP contribution in [0.2, 0.25) is 0 Å². The minimum atomic E-state index is -0.817. The molecule has 2 aromatic carbocycles. The number of nitrogens with zero attached hydrogens (tertiary/aromatic N) is 2. The number of aromatic nitrogens is 1. The van der Waals surface area contributed by atoms with Gasteiger partial charge in [-0.25, -0.2) is 4.98 Å². The molecule has 0 unspecified atom stereocenters. The molecule has 0 bridgehead atoms. The maximum Gasteiger partial charge on any atom is 0.305 e. The summed E-state index contributed by atoms with van der Waals surface area (Å²) in [6.45, 7) is 10.9. The van der Waals surface area contributed by atoms with Crippen LogP contribution in [0.3, 0.4) is 0 Å². The largest absolute Gasteiger partial charge is 0.497 e. The first-order valence-electron chi connectivity index (χ1n) is 20.2. The van der Waals surface area contributed by atoms with Gasteiger partial charge in [-0.1, -0.05) is 95.7 Å². The highest BCUT2D eigenvalue weighted by atomic mass is 32.1. The Kier molecular flexibility index (Phi) is 17.8. The first kappa shape index (κ1) is 44.4. The van der Waals surface area contributed by atoms with Gasteiger partial charge in [0.25, 0.3) is 0 Å². The van der Waals surface area contributed by atoms with E-state index >= 15 is 0 Å². The predicted molar refractivity (Wildman–Crippen MR) is 220 cm³/mol. The second-order valence-electron chi connectivity index (χ2n) is 15.7. The number of ether oxygens (including phenoxy) is 3. The highest BCUT2D eigenvalue weighted by molar-refractivity contribution is 7.13. The van der Waals surface area contributed by atoms with Gasteiger partial charge in [0.1, 0.15) is 17.8 Å². The van der Waals surface area contributed by atoms with Gasteiger partial charge in [0, 0.05) is 32.4 Å². The van der Waals surface area contributed by atoms with E-state index in [0.29, 0.717) is 39.0 Å². The highest BCUT2D eigenvalue weighted by Gasteiger charge is 2.45. The van der Waals surface area contributed by atoms with Crippen LogP contribution in [-0.2, 0) is 41.8 Å². The molecule has 0 radical (unpaired) electrons. The van der Waals surface area contributed by atoms with Crippen LogP contribution in [0.5, 0.6) is 5.75 Å². The van der Waals surface area contributed by atoms with Gasteiger partial charge < -0.3 is 29.7 Å². The molecule has 1 aliphatic rings. The summed E-state index contributed by atoms with van der Waals surface area (Å²) in [5.41, 5.74) is 5.20. The predicted octanol–water partition coefficient (Wildman–Crippen LogP) is 7.92. The summed E-state index contributed by atoms with van der Waals surface area (Å²) in [4.78, 5) is 60.1. The van der Waals surface area contributed by atoms with E-state index in [1.54, 1.807) is 23.3 Å². The third kappa shape index (κ3) is 14.0. The van der Waals surface area contributed by atoms with Crippen LogP contribution >= 0.6 is 11.3 Å². The molecule has 0 saturated carbocycles. The summed E-state index contributed by atoms with van der Waals surface area (Å²) in [6.07, 6.45) is 8.63. The average Bonchev–Trinajstić information content (AvgIpc) is 3.82. The Morgan fingerprint density at radius 2 is 1.52 bits per heavy atom. The van der Waals surface area contributed by atoms with Crippen molar-refractivity contribution in [3.05, 3.63) is 70.9 Å². The van der Waals surface area contributed by atoms with E-state index in [4.69, 9.17) is 14.2 Å². The topological polar surface area (TPSA) is 136 Å². The molecule has 0 spiro atoms. The number of carbonyl (C=O) groups is 4. The van der Waals surface area contributed by atoms with Crippen molar-refractivity contribution in [2.24, 2.45) is 5.41 Å². The van der Waals surface area contributed by atoms with Gasteiger partial charge in [0.05, 0.1) is 42.5 Å². The summed E-state index contributed by atoms with van der Waals surface area (Å²) in [7, 11) is 1.62. The Labute approximate surface area is 337 Å². The molecule has 2 N–H and O–H groups in total. The number of carbonyl (C=O) groups excluding carboxylic acids is 4. The summed E-state index contributed by atoms with van der Waals surface area (Å²) >= 11 is 1.60. The van der Waals surface area contributed by atoms with Crippen LogP contribution in [-0.4, -0.2) is 72.0 Å². The van der Waals surface area contributed by atoms with Gasteiger partial charge in [-0.05, 0) is 60.9 Å². The molecule has 3 atom stereocenters. The monoisotopic (exact) mass is 790 g/mol. The third-order valence-electron chi connectivity index (χ3n) is 10.2. The number of benzene rings is 2. The Morgan fingerprint density at radius 1 is 0.893 bits per heavy atom. The molecule has 1 saturated heterocycles. The second-order valence-corrected chi connectivity index (χ2v) is 16.6. The van der Waals surface area contributed by atoms with Crippen LogP contribution in [0.15, 0.2) is 54.0 Å². The molecule has 4 rings (SSSR count). The number of likely N-dealkylation sites (tertiary alicyclic amines) is 1. The molecule has 12 heteroatoms. The molecule has 3 aromatic rings. The van der Waals surface area contributed by atoms with Crippen LogP contribution < -0.4 is 15.4 Å². The number of amides is 3. The molecule has 1 aliphatic heterocycles. The molecule has 1 aromatic heterocycles. The first-order valence-corrected chi connectivity index (χ1v) is 21.0. The zero-order valence-corrected chi connectivity index (χ0v) is 35.0. The zero-order valence-electron chi connectivity index (χ0n) is 34.2. The van der Waals surface area contributed by atoms with Crippen LogP contribution in [0.4, 0.5) is 0 Å². The summed E-state index contributed by atoms with van der Waals surface area (Å²) < 4.78 is 16.6. The van der Waals surface area contributed by atoms with E-state index in [2.05, 4.69) is 15.6 Å². The molecule has 11 nitrogen and oxygen atoms in total. The number of unbranched alkanes of at least 4 members (excludes halogenated alkanes) is 7. The fourth-order valence-corrected chi connectivity index (χ4v) is 7.71. The lowest BCUT2D eigenvalue weighted by molar-refractivity contribution is -0.144. The quantitative estimate of drug-likeness (QED) is 0.0774. The number of methoxy groups -OCH3 is 1. The average molecular weight is 791 g/mol. The number of rotatable bonds is 22. The lowest BCUT2D eigenvalue weighted by Crippen LogP contribution is -2.57. The van der Waals surface area contributed by atoms with Gasteiger partial charge in [-0.3, -0.25) is 19.2 Å². The Balaban J connectivity index is 1.33. The molecular formula is C44H62N4O7S. The van der Waals surface area contributed by atoms with Gasteiger partial charge in [0.15, 0.2) is 0 Å². The standard InChI is InChI=1S/C44H62N4O7S/c1-7-54-39(50)17-15-13-11-9-8-10-12-14-16-38(49)47-41(44(3,4)5)43(52)48-28-36(55-29-33-20-24-35(53-6)25-21-33)26-37(48)42(51)45-27-32-18-22-34(23-19-32)40-31(2)46-30-56-40/h18-25,30,36-37,41H,7-17,26-29H2,1-6H3,(H,45,51)(H,47,49)/t36-,37+,41-/m1/s1. The summed E-state index contributed by atoms with van der Waals surface area (Å²) in [5.74, 6) is -0.0747. The summed E-state index contributed by atoms with van der Waals surface area (Å²) in [6, 6.07) is 14.1. The van der Waals surface area contributed by atoms with Crippen LogP contribution in [0.1, 0.15) is 115 Å². The lowest BCUT2D eigenvalue weighted by Gasteiger charge is -2.35. The van der Waals surface area contributed by atoms with E-state index in [1.807, 2.05) is 88.7 Å². The number of aryl methyl sites for hydroxylation is 1. The zero-order chi connectivity index (χ0) is 40.5. The molecule has 2 heterocycles. The Morgan fingerprint density at radius 3 is 2.11 bits per heavy atom. The highest BCUT2D eigenvalue weighted by Crippen LogP contribution is 2.29. The van der Waals surface area contributed by atoms with Crippen LogP contribution in [0, 0.1) is 12.3 Å². The molecule has 306 valence electrons. The van der Waals surface area contributed by atoms with Crippen LogP contribution in [0.25, 0.3) is 10.4 Å². The number of thiazole rings is 1. The molecule has 3 amide bonds. The van der Waals surface area contributed by atoms with Crippen molar-refractivity contribution in [2.45, 2.75) is 137 Å². The maximum absolute atomic E-state index is 14.4. The van der Waals surface area contributed by atoms with E-state index < -0.39 is 17.5 Å². The number of esters is 1. The smallest absolute Gasteiger partial charge is 0.305 e. The lowest BCUT2D eigenvalue weighted by atomic mass is 9.85. The molecule has 0 aliphatic carbocycles. The van der Waals surface area contributed by atoms with Gasteiger partial charge >= 0.3 is 5.97 Å². The molecule has 56 heavy (non-hydrogen) atoms. The van der Waals surface area contributed by atoms with Crippen molar-refractivity contribution < 1.29 is 33.4 Å². The minimum Gasteiger partial charge on any atom is -0.497 e.